The van der Waals surface area contributed by atoms with Gasteiger partial charge in [0.15, 0.2) is 0 Å². The lowest BCUT2D eigenvalue weighted by molar-refractivity contribution is -0.138. The smallest absolute Gasteiger partial charge is 0.416 e. The molecule has 117 heavy (non-hydrogen) atoms. The van der Waals surface area contributed by atoms with Crippen LogP contribution >= 0.6 is 34.8 Å². The van der Waals surface area contributed by atoms with E-state index in [2.05, 4.69) is 47.7 Å². The van der Waals surface area contributed by atoms with Crippen molar-refractivity contribution in [3.63, 3.8) is 0 Å². The molecule has 3 aliphatic rings. The molecule has 8 N–H and O–H groups in total. The molecule has 0 bridgehead atoms. The van der Waals surface area contributed by atoms with Crippen LogP contribution in [0.3, 0.4) is 0 Å². The molecule has 3 saturated heterocycles. The van der Waals surface area contributed by atoms with E-state index in [-0.39, 0.29) is 138 Å². The van der Waals surface area contributed by atoms with Crippen LogP contribution in [0.15, 0.2) is 54.6 Å². The SMILES string of the molecule is C#CC.CC#CC(=O)C[C@H]1C[C@@H](N(Cc2cc(Cl)cc(C(F)(F)F)c2)C(=O)OC)C[C@@H](CC)N1C(=O)OC(C)C.CC#CC(O)C[C@H]1C[C@@H](N(Cc2cc(Cl)cc(C(F)(F)F)c2)C(=O)OC)C[C@@H](CC)N1C(=O)OC(C)C.CCO.CC[C@@H]1C[C@H](N(Cc2cc(Cl)cc(C(F)(F)F)c2)C(=O)OC)C[C@H](CC=O)N1C(=O)OC(C)C.NN.O. The number of hydrogen-bond donors (Lipinski definition) is 4. The van der Waals surface area contributed by atoms with Crippen LogP contribution in [0.25, 0.3) is 0 Å². The number of nitrogens with two attached hydrogens (primary N) is 2. The van der Waals surface area contributed by atoms with E-state index in [9.17, 15) is 83.0 Å². The number of alkyl halides is 9. The van der Waals surface area contributed by atoms with Gasteiger partial charge in [0.1, 0.15) is 12.4 Å². The van der Waals surface area contributed by atoms with Gasteiger partial charge in [-0.3, -0.25) is 16.5 Å². The first-order valence-electron chi connectivity index (χ1n) is 37.3. The van der Waals surface area contributed by atoms with Crippen LogP contribution in [-0.2, 0) is 76.2 Å². The molecule has 0 aliphatic carbocycles. The van der Waals surface area contributed by atoms with Crippen LogP contribution in [0.2, 0.25) is 15.1 Å². The number of likely N-dealkylation sites (tertiary alicyclic amines) is 3. The molecule has 37 heteroatoms. The van der Waals surface area contributed by atoms with Gasteiger partial charge in [-0.25, -0.2) is 28.8 Å². The summed E-state index contributed by atoms with van der Waals surface area (Å²) in [5, 5.41) is 17.7. The molecule has 6 amide bonds. The number of halogens is 12. The van der Waals surface area contributed by atoms with E-state index in [1.165, 1.54) is 66.1 Å². The summed E-state index contributed by atoms with van der Waals surface area (Å²) in [6, 6.07) is 5.05. The number of ether oxygens (including phenoxy) is 6. The second kappa shape index (κ2) is 53.0. The van der Waals surface area contributed by atoms with Crippen molar-refractivity contribution >= 4 is 83.4 Å². The fourth-order valence-electron chi connectivity index (χ4n) is 13.6. The van der Waals surface area contributed by atoms with Crippen molar-refractivity contribution < 1.29 is 122 Å². The molecule has 1 unspecified atom stereocenters. The van der Waals surface area contributed by atoms with Gasteiger partial charge in [-0.05, 0) is 204 Å². The molecule has 658 valence electrons. The van der Waals surface area contributed by atoms with E-state index in [0.29, 0.717) is 44.8 Å². The Balaban J connectivity index is 0.00000164. The Morgan fingerprint density at radius 1 is 0.521 bits per heavy atom. The van der Waals surface area contributed by atoms with E-state index in [1.807, 2.05) is 20.8 Å². The molecule has 0 radical (unpaired) electrons. The van der Waals surface area contributed by atoms with E-state index >= 15 is 0 Å². The molecule has 10 atom stereocenters. The van der Waals surface area contributed by atoms with Crippen LogP contribution in [0.4, 0.5) is 68.3 Å². The number of terminal acetylenes is 1. The summed E-state index contributed by atoms with van der Waals surface area (Å²) in [4.78, 5) is 110. The first kappa shape index (κ1) is 108. The van der Waals surface area contributed by atoms with Gasteiger partial charge >= 0.3 is 55.1 Å². The summed E-state index contributed by atoms with van der Waals surface area (Å²) in [5.74, 6) is 20.2. The highest BCUT2D eigenvalue weighted by molar-refractivity contribution is 6.31. The van der Waals surface area contributed by atoms with Crippen LogP contribution in [0.5, 0.6) is 0 Å². The molecule has 6 rings (SSSR count). The summed E-state index contributed by atoms with van der Waals surface area (Å²) < 4.78 is 151. The van der Waals surface area contributed by atoms with Crippen LogP contribution in [0, 0.1) is 36.0 Å². The van der Waals surface area contributed by atoms with Gasteiger partial charge in [-0.15, -0.1) is 18.3 Å². The number of hydrazine groups is 1. The standard InChI is InChI=1S/C26H34ClF3N2O5.C26H32ClF3N2O5.C23H30ClF3N2O5.C3H4.C2H6O.H4N2.H2O/c2*1-6-8-23(33)14-22-13-21(12-20(7-2)32(22)25(35)37-16(3)4)31(24(34)36-5)15-17-9-18(26(28,29)30)11-19(27)10-17;1-5-18-11-20(12-19(6-7-30)29(18)22(32)34-14(2)3)28(21(31)33-4)13-15-8-16(23(25,26)27)10-17(24)9-15;1-3-2;1-2-3;1-2;/h9-11,16,20-23,33H,7,12-15H2,1-5H3;9-11,16,20-22H,7,12-15H2,1-5H3;7-10,14,18-20H,5-6,11-13H2,1-4H3;1H,2H3;3H,2H2,1H3;1-2H2;1H2/t20-,21+,22-,23?;20-,21+,22-;18-,19+,20+;;;;/m111..../s1. The number of nitrogens with zero attached hydrogens (tertiary/aromatic N) is 6. The third-order valence-corrected chi connectivity index (χ3v) is 18.7. The number of methoxy groups -OCH3 is 3. The first-order valence-corrected chi connectivity index (χ1v) is 38.4. The van der Waals surface area contributed by atoms with E-state index < -0.39 is 120 Å². The van der Waals surface area contributed by atoms with Crippen LogP contribution in [-0.4, -0.2) is 200 Å². The number of carbonyl (C=O) groups excluding carboxylic acids is 8. The maximum Gasteiger partial charge on any atom is 0.416 e. The zero-order valence-corrected chi connectivity index (χ0v) is 70.9. The van der Waals surface area contributed by atoms with Gasteiger partial charge in [0.25, 0.3) is 0 Å². The maximum atomic E-state index is 13.4. The van der Waals surface area contributed by atoms with Crippen molar-refractivity contribution in [1.82, 2.24) is 29.4 Å². The van der Waals surface area contributed by atoms with Gasteiger partial charge in [0, 0.05) is 115 Å². The summed E-state index contributed by atoms with van der Waals surface area (Å²) in [6.07, 6.45) is -11.2. The normalized spacial score (nSPS) is 19.0. The number of benzene rings is 3. The first-order chi connectivity index (χ1) is 54.3. The van der Waals surface area contributed by atoms with E-state index in [1.54, 1.807) is 72.1 Å². The van der Waals surface area contributed by atoms with Crippen molar-refractivity contribution in [3.05, 3.63) is 103 Å². The number of aldehydes is 1. The molecule has 3 aliphatic heterocycles. The molecular weight excluding hydrogens is 1620 g/mol. The lowest BCUT2D eigenvalue weighted by atomic mass is 9.86. The van der Waals surface area contributed by atoms with Gasteiger partial charge in [-0.2, -0.15) is 39.5 Å². The maximum absolute atomic E-state index is 13.4. The number of rotatable bonds is 21. The number of piperidine rings is 3. The second-order valence-electron chi connectivity index (χ2n) is 27.5. The van der Waals surface area contributed by atoms with Crippen molar-refractivity contribution in [2.75, 3.05) is 27.9 Å². The average Bonchev–Trinajstić information content (AvgIpc) is 0.795. The number of Topliss-reactive ketones (excluding diaryl/α,β-unsaturated/α-hetero) is 1. The zero-order chi connectivity index (χ0) is 88.9. The summed E-state index contributed by atoms with van der Waals surface area (Å²) in [6.45, 7) is 22.1. The number of hydrogen-bond acceptors (Lipinski definition) is 18. The highest BCUT2D eigenvalue weighted by Gasteiger charge is 2.47. The Kier molecular flexibility index (Phi) is 49.1. The average molecular weight is 1740 g/mol. The third kappa shape index (κ3) is 35.8. The summed E-state index contributed by atoms with van der Waals surface area (Å²) >= 11 is 17.8. The van der Waals surface area contributed by atoms with Crippen molar-refractivity contribution in [2.24, 2.45) is 11.7 Å². The second-order valence-corrected chi connectivity index (χ2v) is 28.8. The predicted molar refractivity (Wildman–Crippen MR) is 423 cm³/mol. The third-order valence-electron chi connectivity index (χ3n) is 18.0. The van der Waals surface area contributed by atoms with E-state index in [0.717, 1.165) is 36.4 Å². The number of aliphatic hydroxyl groups is 2. The molecule has 0 aromatic heterocycles. The molecule has 0 spiro atoms. The molecule has 3 fully saturated rings. The number of ketones is 1. The number of carbonyl (C=O) groups is 8. The largest absolute Gasteiger partial charge is 0.453 e. The van der Waals surface area contributed by atoms with Gasteiger partial charge < -0.3 is 78.3 Å². The Labute approximate surface area is 694 Å². The highest BCUT2D eigenvalue weighted by Crippen LogP contribution is 2.40. The Morgan fingerprint density at radius 3 is 1.05 bits per heavy atom. The Bertz CT molecular complexity index is 3820. The molecular formula is C80H112Cl3F9N8O17. The van der Waals surface area contributed by atoms with Crippen LogP contribution in [0.1, 0.15) is 200 Å². The molecule has 0 saturated carbocycles. The summed E-state index contributed by atoms with van der Waals surface area (Å²) in [5.41, 5.74) is -2.23. The quantitative estimate of drug-likeness (QED) is 0.0146. The predicted octanol–water partition coefficient (Wildman–Crippen LogP) is 16.2. The van der Waals surface area contributed by atoms with Gasteiger partial charge in [0.2, 0.25) is 5.78 Å². The zero-order valence-electron chi connectivity index (χ0n) is 68.7. The van der Waals surface area contributed by atoms with Gasteiger partial charge in [0.05, 0.1) is 56.3 Å². The number of aliphatic hydroxyl groups excluding tert-OH is 2. The minimum Gasteiger partial charge on any atom is -0.453 e. The van der Waals surface area contributed by atoms with Crippen molar-refractivity contribution in [2.45, 2.75) is 284 Å². The Hall–Kier alpha value is -8.66. The fraction of sp³-hybridized carbons (Fsp3) is 0.600. The number of amides is 6. The molecule has 3 aromatic carbocycles. The minimum absolute atomic E-state index is 0. The monoisotopic (exact) mass is 1730 g/mol. The van der Waals surface area contributed by atoms with Crippen LogP contribution < -0.4 is 11.7 Å². The lowest BCUT2D eigenvalue weighted by Crippen LogP contribution is -2.58. The molecule has 25 nitrogen and oxygen atoms in total. The minimum atomic E-state index is -4.61. The fourth-order valence-corrected chi connectivity index (χ4v) is 14.3. The molecule has 3 heterocycles. The Morgan fingerprint density at radius 2 is 0.795 bits per heavy atom. The van der Waals surface area contributed by atoms with Gasteiger partial charge in [-0.1, -0.05) is 67.4 Å². The summed E-state index contributed by atoms with van der Waals surface area (Å²) in [7, 11) is 3.56. The highest BCUT2D eigenvalue weighted by atomic mass is 35.5. The van der Waals surface area contributed by atoms with Crippen molar-refractivity contribution in [3.8, 4) is 36.0 Å². The molecule has 3 aromatic rings. The van der Waals surface area contributed by atoms with E-state index in [4.69, 9.17) is 68.3 Å². The van der Waals surface area contributed by atoms with Crippen molar-refractivity contribution in [1.29, 1.82) is 0 Å². The topological polar surface area (TPSA) is 335 Å². The lowest BCUT2D eigenvalue weighted by Gasteiger charge is -2.47.